The molecule has 0 amide bonds. The van der Waals surface area contributed by atoms with Gasteiger partial charge in [0.1, 0.15) is 0 Å². The minimum Gasteiger partial charge on any atom is -0.389 e. The highest BCUT2D eigenvalue weighted by atomic mass is 16.5. The predicted octanol–water partition coefficient (Wildman–Crippen LogP) is 1.82. The molecule has 1 atom stereocenters. The summed E-state index contributed by atoms with van der Waals surface area (Å²) in [4.78, 5) is 0. The van der Waals surface area contributed by atoms with Crippen molar-refractivity contribution in [3.05, 3.63) is 0 Å². The summed E-state index contributed by atoms with van der Waals surface area (Å²) in [6, 6.07) is 0. The summed E-state index contributed by atoms with van der Waals surface area (Å²) in [6.07, 6.45) is 2.87. The van der Waals surface area contributed by atoms with Gasteiger partial charge in [-0.1, -0.05) is 27.2 Å². The molecule has 1 unspecified atom stereocenters. The molecule has 0 bridgehead atoms. The lowest BCUT2D eigenvalue weighted by Gasteiger charge is -2.12. The third-order valence-electron chi connectivity index (χ3n) is 2.60. The SMILES string of the molecule is CCCCOCC(O)CNCCOCCC(C)C. The molecule has 0 aromatic rings. The third kappa shape index (κ3) is 13.9. The molecule has 0 saturated carbocycles. The van der Waals surface area contributed by atoms with Crippen LogP contribution < -0.4 is 5.32 Å². The van der Waals surface area contributed by atoms with Crippen molar-refractivity contribution < 1.29 is 14.6 Å². The van der Waals surface area contributed by atoms with Gasteiger partial charge in [0, 0.05) is 26.3 Å². The first-order valence-corrected chi connectivity index (χ1v) is 7.21. The molecule has 0 heterocycles. The van der Waals surface area contributed by atoms with Crippen molar-refractivity contribution in [1.29, 1.82) is 0 Å². The van der Waals surface area contributed by atoms with E-state index in [1.807, 2.05) is 0 Å². The first-order valence-electron chi connectivity index (χ1n) is 7.21. The van der Waals surface area contributed by atoms with E-state index in [0.29, 0.717) is 25.7 Å². The maximum Gasteiger partial charge on any atom is 0.0897 e. The summed E-state index contributed by atoms with van der Waals surface area (Å²) in [5.41, 5.74) is 0. The van der Waals surface area contributed by atoms with E-state index in [9.17, 15) is 5.11 Å². The standard InChI is InChI=1S/C14H31NO3/c1-4-5-8-18-12-14(16)11-15-7-10-17-9-6-13(2)3/h13-16H,4-12H2,1-3H3. The minimum absolute atomic E-state index is 0.418. The van der Waals surface area contributed by atoms with Crippen molar-refractivity contribution in [3.8, 4) is 0 Å². The van der Waals surface area contributed by atoms with Gasteiger partial charge in [-0.05, 0) is 18.8 Å². The van der Waals surface area contributed by atoms with E-state index in [-0.39, 0.29) is 0 Å². The van der Waals surface area contributed by atoms with Gasteiger partial charge in [0.15, 0.2) is 0 Å². The predicted molar refractivity (Wildman–Crippen MR) is 74.9 cm³/mol. The lowest BCUT2D eigenvalue weighted by atomic mass is 10.1. The second kappa shape index (κ2) is 13.3. The van der Waals surface area contributed by atoms with Gasteiger partial charge in [0.05, 0.1) is 19.3 Å². The molecule has 0 aromatic carbocycles. The van der Waals surface area contributed by atoms with Gasteiger partial charge in [-0.2, -0.15) is 0 Å². The molecule has 4 nitrogen and oxygen atoms in total. The van der Waals surface area contributed by atoms with Crippen molar-refractivity contribution in [2.75, 3.05) is 39.5 Å². The average Bonchev–Trinajstić information content (AvgIpc) is 2.33. The second-order valence-electron chi connectivity index (χ2n) is 5.08. The lowest BCUT2D eigenvalue weighted by molar-refractivity contribution is 0.0345. The fourth-order valence-electron chi connectivity index (χ4n) is 1.36. The van der Waals surface area contributed by atoms with Crippen LogP contribution in [0.4, 0.5) is 0 Å². The number of aliphatic hydroxyl groups excluding tert-OH is 1. The average molecular weight is 261 g/mol. The fraction of sp³-hybridized carbons (Fsp3) is 1.00. The third-order valence-corrected chi connectivity index (χ3v) is 2.60. The maximum atomic E-state index is 9.60. The molecule has 0 aliphatic rings. The van der Waals surface area contributed by atoms with Crippen LogP contribution in [0.5, 0.6) is 0 Å². The van der Waals surface area contributed by atoms with E-state index in [4.69, 9.17) is 9.47 Å². The van der Waals surface area contributed by atoms with Crippen LogP contribution in [0.3, 0.4) is 0 Å². The summed E-state index contributed by atoms with van der Waals surface area (Å²) < 4.78 is 10.8. The Morgan fingerprint density at radius 2 is 1.89 bits per heavy atom. The summed E-state index contributed by atoms with van der Waals surface area (Å²) in [6.45, 7) is 10.5. The van der Waals surface area contributed by atoms with E-state index < -0.39 is 6.10 Å². The van der Waals surface area contributed by atoms with Crippen LogP contribution in [0.25, 0.3) is 0 Å². The molecule has 0 aliphatic heterocycles. The first-order chi connectivity index (χ1) is 8.66. The summed E-state index contributed by atoms with van der Waals surface area (Å²) in [5.74, 6) is 0.694. The Bertz CT molecular complexity index is 165. The largest absolute Gasteiger partial charge is 0.389 e. The van der Waals surface area contributed by atoms with Crippen LogP contribution >= 0.6 is 0 Å². The zero-order valence-corrected chi connectivity index (χ0v) is 12.3. The highest BCUT2D eigenvalue weighted by molar-refractivity contribution is 4.58. The highest BCUT2D eigenvalue weighted by Gasteiger charge is 2.03. The Kier molecular flexibility index (Phi) is 13.2. The molecular weight excluding hydrogens is 230 g/mol. The van der Waals surface area contributed by atoms with Crippen molar-refractivity contribution in [1.82, 2.24) is 5.32 Å². The number of hydrogen-bond acceptors (Lipinski definition) is 4. The van der Waals surface area contributed by atoms with E-state index in [0.717, 1.165) is 39.0 Å². The molecule has 0 fully saturated rings. The van der Waals surface area contributed by atoms with Gasteiger partial charge in [-0.15, -0.1) is 0 Å². The van der Waals surface area contributed by atoms with Crippen LogP contribution in [-0.4, -0.2) is 50.7 Å². The van der Waals surface area contributed by atoms with Gasteiger partial charge in [0.25, 0.3) is 0 Å². The molecule has 18 heavy (non-hydrogen) atoms. The van der Waals surface area contributed by atoms with Gasteiger partial charge < -0.3 is 19.9 Å². The Morgan fingerprint density at radius 3 is 2.56 bits per heavy atom. The molecule has 0 radical (unpaired) electrons. The number of hydrogen-bond donors (Lipinski definition) is 2. The van der Waals surface area contributed by atoms with Crippen LogP contribution in [0.1, 0.15) is 40.0 Å². The lowest BCUT2D eigenvalue weighted by Crippen LogP contribution is -2.32. The molecule has 0 saturated heterocycles. The molecular formula is C14H31NO3. The molecule has 0 aromatic heterocycles. The Morgan fingerprint density at radius 1 is 1.11 bits per heavy atom. The zero-order valence-electron chi connectivity index (χ0n) is 12.3. The van der Waals surface area contributed by atoms with Crippen molar-refractivity contribution in [2.24, 2.45) is 5.92 Å². The van der Waals surface area contributed by atoms with E-state index >= 15 is 0 Å². The smallest absolute Gasteiger partial charge is 0.0897 e. The van der Waals surface area contributed by atoms with Gasteiger partial charge in [-0.3, -0.25) is 0 Å². The number of nitrogens with one attached hydrogen (secondary N) is 1. The van der Waals surface area contributed by atoms with Crippen LogP contribution in [0.2, 0.25) is 0 Å². The maximum absolute atomic E-state index is 9.60. The topological polar surface area (TPSA) is 50.7 Å². The minimum atomic E-state index is -0.419. The van der Waals surface area contributed by atoms with Crippen molar-refractivity contribution >= 4 is 0 Å². The van der Waals surface area contributed by atoms with Crippen LogP contribution in [-0.2, 0) is 9.47 Å². The molecule has 0 rings (SSSR count). The molecule has 2 N–H and O–H groups in total. The Labute approximate surface area is 112 Å². The quantitative estimate of drug-likeness (QED) is 0.497. The van der Waals surface area contributed by atoms with Crippen molar-refractivity contribution in [2.45, 2.75) is 46.1 Å². The van der Waals surface area contributed by atoms with Crippen LogP contribution in [0, 0.1) is 5.92 Å². The number of aliphatic hydroxyl groups is 1. The van der Waals surface area contributed by atoms with Crippen molar-refractivity contribution in [3.63, 3.8) is 0 Å². The van der Waals surface area contributed by atoms with Gasteiger partial charge in [0.2, 0.25) is 0 Å². The highest BCUT2D eigenvalue weighted by Crippen LogP contribution is 1.98. The van der Waals surface area contributed by atoms with Gasteiger partial charge >= 0.3 is 0 Å². The van der Waals surface area contributed by atoms with E-state index in [1.165, 1.54) is 0 Å². The summed E-state index contributed by atoms with van der Waals surface area (Å²) >= 11 is 0. The number of rotatable bonds is 13. The summed E-state index contributed by atoms with van der Waals surface area (Å²) in [5, 5.41) is 12.8. The molecule has 110 valence electrons. The zero-order chi connectivity index (χ0) is 13.6. The fourth-order valence-corrected chi connectivity index (χ4v) is 1.36. The normalized spacial score (nSPS) is 13.2. The Balaban J connectivity index is 3.12. The van der Waals surface area contributed by atoms with E-state index in [2.05, 4.69) is 26.1 Å². The number of unbranched alkanes of at least 4 members (excludes halogenated alkanes) is 1. The monoisotopic (exact) mass is 261 g/mol. The van der Waals surface area contributed by atoms with Gasteiger partial charge in [-0.25, -0.2) is 0 Å². The molecule has 0 spiro atoms. The number of ether oxygens (including phenoxy) is 2. The first kappa shape index (κ1) is 17.8. The van der Waals surface area contributed by atoms with E-state index in [1.54, 1.807) is 0 Å². The summed E-state index contributed by atoms with van der Waals surface area (Å²) in [7, 11) is 0. The molecule has 0 aliphatic carbocycles. The Hall–Kier alpha value is -0.160. The second-order valence-corrected chi connectivity index (χ2v) is 5.08. The molecule has 4 heteroatoms. The van der Waals surface area contributed by atoms with Crippen LogP contribution in [0.15, 0.2) is 0 Å².